The zero-order valence-corrected chi connectivity index (χ0v) is 10.4. The number of aromatic nitrogens is 1. The number of hydrogen-bond donors (Lipinski definition) is 1. The summed E-state index contributed by atoms with van der Waals surface area (Å²) in [6, 6.07) is 0. The van der Waals surface area contributed by atoms with Gasteiger partial charge in [-0.2, -0.15) is 0 Å². The van der Waals surface area contributed by atoms with Crippen molar-refractivity contribution in [3.05, 3.63) is 26.6 Å². The molecule has 82 valence electrons. The molecule has 2 rings (SSSR count). The summed E-state index contributed by atoms with van der Waals surface area (Å²) in [6.07, 6.45) is 5.48. The van der Waals surface area contributed by atoms with Crippen molar-refractivity contribution in [3.63, 3.8) is 0 Å². The maximum atomic E-state index is 11.8. The zero-order valence-electron chi connectivity index (χ0n) is 8.79. The molecule has 1 fully saturated rings. The monoisotopic (exact) mass is 270 g/mol. The molecule has 1 aliphatic rings. The zero-order chi connectivity index (χ0) is 11.0. The number of nitrogens with zero attached hydrogens (tertiary/aromatic N) is 1. The summed E-state index contributed by atoms with van der Waals surface area (Å²) in [6.45, 7) is 2.64. The molecule has 1 aromatic heterocycles. The fourth-order valence-corrected chi connectivity index (χ4v) is 2.09. The van der Waals surface area contributed by atoms with Crippen LogP contribution in [0.1, 0.15) is 24.8 Å². The minimum atomic E-state index is 0.0300. The van der Waals surface area contributed by atoms with E-state index in [9.17, 15) is 4.79 Å². The van der Waals surface area contributed by atoms with E-state index < -0.39 is 0 Å². The lowest BCUT2D eigenvalue weighted by molar-refractivity contribution is 0.580. The Labute approximate surface area is 97.4 Å². The van der Waals surface area contributed by atoms with Crippen LogP contribution in [0.25, 0.3) is 0 Å². The van der Waals surface area contributed by atoms with Crippen LogP contribution >= 0.6 is 15.9 Å². The second-order valence-corrected chi connectivity index (χ2v) is 5.05. The number of halogens is 1. The van der Waals surface area contributed by atoms with Crippen molar-refractivity contribution in [1.82, 2.24) is 4.57 Å². The van der Waals surface area contributed by atoms with E-state index in [4.69, 9.17) is 5.73 Å². The normalized spacial score (nSPS) is 15.6. The van der Waals surface area contributed by atoms with Gasteiger partial charge in [-0.3, -0.25) is 4.79 Å². The molecule has 0 aromatic carbocycles. The van der Waals surface area contributed by atoms with Crippen molar-refractivity contribution < 1.29 is 0 Å². The second kappa shape index (κ2) is 4.00. The minimum Gasteiger partial charge on any atom is -0.397 e. The van der Waals surface area contributed by atoms with E-state index in [2.05, 4.69) is 15.9 Å². The summed E-state index contributed by atoms with van der Waals surface area (Å²) in [7, 11) is 0. The van der Waals surface area contributed by atoms with Gasteiger partial charge in [0.1, 0.15) is 0 Å². The van der Waals surface area contributed by atoms with E-state index in [0.29, 0.717) is 10.2 Å². The first-order valence-corrected chi connectivity index (χ1v) is 6.04. The average molecular weight is 271 g/mol. The van der Waals surface area contributed by atoms with Gasteiger partial charge in [-0.15, -0.1) is 0 Å². The first-order valence-electron chi connectivity index (χ1n) is 5.24. The molecule has 1 aromatic rings. The Morgan fingerprint density at radius 1 is 1.60 bits per heavy atom. The fourth-order valence-electron chi connectivity index (χ4n) is 1.63. The highest BCUT2D eigenvalue weighted by molar-refractivity contribution is 9.10. The van der Waals surface area contributed by atoms with E-state index in [-0.39, 0.29) is 5.56 Å². The molecule has 0 unspecified atom stereocenters. The number of nitrogens with two attached hydrogens (primary N) is 1. The molecule has 2 N–H and O–H groups in total. The summed E-state index contributed by atoms with van der Waals surface area (Å²) in [4.78, 5) is 11.8. The van der Waals surface area contributed by atoms with Gasteiger partial charge in [0.2, 0.25) is 0 Å². The number of anilines is 1. The highest BCUT2D eigenvalue weighted by atomic mass is 79.9. The number of nitrogen functional groups attached to an aromatic ring is 1. The van der Waals surface area contributed by atoms with Gasteiger partial charge in [-0.1, -0.05) is 12.8 Å². The third-order valence-corrected chi connectivity index (χ3v) is 3.91. The van der Waals surface area contributed by atoms with Gasteiger partial charge in [0.05, 0.1) is 10.2 Å². The molecule has 0 radical (unpaired) electrons. The second-order valence-electron chi connectivity index (χ2n) is 4.25. The lowest BCUT2D eigenvalue weighted by Crippen LogP contribution is -2.22. The van der Waals surface area contributed by atoms with Gasteiger partial charge >= 0.3 is 0 Å². The Bertz CT molecular complexity index is 435. The predicted octanol–water partition coefficient (Wildman–Crippen LogP) is 2.30. The maximum Gasteiger partial charge on any atom is 0.265 e. The third-order valence-electron chi connectivity index (χ3n) is 2.98. The van der Waals surface area contributed by atoms with Crippen LogP contribution in [0.2, 0.25) is 0 Å². The Morgan fingerprint density at radius 2 is 2.27 bits per heavy atom. The molecule has 1 saturated carbocycles. The van der Waals surface area contributed by atoms with Crippen molar-refractivity contribution in [2.45, 2.75) is 32.7 Å². The molecular formula is C11H15BrN2O. The first-order chi connectivity index (χ1) is 7.09. The van der Waals surface area contributed by atoms with Crippen LogP contribution in [-0.2, 0) is 6.54 Å². The number of pyridine rings is 1. The van der Waals surface area contributed by atoms with Crippen LogP contribution in [0, 0.1) is 12.8 Å². The molecule has 0 amide bonds. The fraction of sp³-hybridized carbons (Fsp3) is 0.545. The van der Waals surface area contributed by atoms with Gasteiger partial charge in [0, 0.05) is 12.7 Å². The Kier molecular flexibility index (Phi) is 2.87. The molecule has 15 heavy (non-hydrogen) atoms. The van der Waals surface area contributed by atoms with Gasteiger partial charge < -0.3 is 10.3 Å². The van der Waals surface area contributed by atoms with Gasteiger partial charge in [0.25, 0.3) is 5.56 Å². The Hall–Kier alpha value is -0.770. The SMILES string of the molecule is Cc1c(N)cn(CCC2CC2)c(=O)c1Br. The lowest BCUT2D eigenvalue weighted by atomic mass is 10.2. The van der Waals surface area contributed by atoms with Crippen LogP contribution in [0.5, 0.6) is 0 Å². The van der Waals surface area contributed by atoms with Crippen LogP contribution in [0.3, 0.4) is 0 Å². The third kappa shape index (κ3) is 2.25. The molecule has 3 nitrogen and oxygen atoms in total. The molecule has 0 spiro atoms. The van der Waals surface area contributed by atoms with E-state index >= 15 is 0 Å². The molecule has 1 heterocycles. The summed E-state index contributed by atoms with van der Waals surface area (Å²) in [5.41, 5.74) is 7.37. The molecule has 0 bridgehead atoms. The molecule has 0 aliphatic heterocycles. The highest BCUT2D eigenvalue weighted by Crippen LogP contribution is 2.32. The molecule has 4 heteroatoms. The number of rotatable bonds is 3. The standard InChI is InChI=1S/C11H15BrN2O/c1-7-9(13)6-14(11(15)10(7)12)5-4-8-2-3-8/h6,8H,2-5,13H2,1H3. The van der Waals surface area contributed by atoms with Crippen molar-refractivity contribution in [1.29, 1.82) is 0 Å². The maximum absolute atomic E-state index is 11.8. The molecule has 0 atom stereocenters. The van der Waals surface area contributed by atoms with Crippen LogP contribution in [-0.4, -0.2) is 4.57 Å². The summed E-state index contributed by atoms with van der Waals surface area (Å²) < 4.78 is 2.31. The van der Waals surface area contributed by atoms with Crippen LogP contribution < -0.4 is 11.3 Å². The van der Waals surface area contributed by atoms with E-state index in [1.807, 2.05) is 6.92 Å². The summed E-state index contributed by atoms with van der Waals surface area (Å²) in [5.74, 6) is 0.832. The number of aryl methyl sites for hydroxylation is 1. The van der Waals surface area contributed by atoms with Crippen molar-refractivity contribution in [2.24, 2.45) is 5.92 Å². The summed E-state index contributed by atoms with van der Waals surface area (Å²) in [5, 5.41) is 0. The molecule has 1 aliphatic carbocycles. The predicted molar refractivity (Wildman–Crippen MR) is 64.9 cm³/mol. The average Bonchev–Trinajstić information content (AvgIpc) is 3.02. The van der Waals surface area contributed by atoms with Crippen LogP contribution in [0.4, 0.5) is 5.69 Å². The van der Waals surface area contributed by atoms with E-state index in [1.54, 1.807) is 10.8 Å². The summed E-state index contributed by atoms with van der Waals surface area (Å²) >= 11 is 3.29. The smallest absolute Gasteiger partial charge is 0.265 e. The lowest BCUT2D eigenvalue weighted by Gasteiger charge is -2.09. The molecule has 0 saturated heterocycles. The van der Waals surface area contributed by atoms with Gasteiger partial charge in [-0.25, -0.2) is 0 Å². The van der Waals surface area contributed by atoms with E-state index in [1.165, 1.54) is 12.8 Å². The quantitative estimate of drug-likeness (QED) is 0.917. The van der Waals surface area contributed by atoms with Crippen molar-refractivity contribution in [2.75, 3.05) is 5.73 Å². The van der Waals surface area contributed by atoms with Crippen molar-refractivity contribution >= 4 is 21.6 Å². The van der Waals surface area contributed by atoms with Gasteiger partial charge in [0.15, 0.2) is 0 Å². The van der Waals surface area contributed by atoms with Gasteiger partial charge in [-0.05, 0) is 40.8 Å². The minimum absolute atomic E-state index is 0.0300. The largest absolute Gasteiger partial charge is 0.397 e. The first kappa shape index (κ1) is 10.7. The highest BCUT2D eigenvalue weighted by Gasteiger charge is 2.21. The van der Waals surface area contributed by atoms with Crippen molar-refractivity contribution in [3.8, 4) is 0 Å². The van der Waals surface area contributed by atoms with E-state index in [0.717, 1.165) is 24.4 Å². The van der Waals surface area contributed by atoms with Crippen LogP contribution in [0.15, 0.2) is 15.5 Å². The number of hydrogen-bond acceptors (Lipinski definition) is 2. The Morgan fingerprint density at radius 3 is 2.87 bits per heavy atom. The topological polar surface area (TPSA) is 48.0 Å². The Balaban J connectivity index is 2.25. The molecular weight excluding hydrogens is 256 g/mol.